The Hall–Kier alpha value is -3.27. The molecule has 0 saturated carbocycles. The number of amides is 1. The smallest absolute Gasteiger partial charge is 0.228 e. The zero-order valence-corrected chi connectivity index (χ0v) is 15.0. The van der Waals surface area contributed by atoms with Crippen molar-refractivity contribution in [3.63, 3.8) is 0 Å². The summed E-state index contributed by atoms with van der Waals surface area (Å²) < 4.78 is 5.34. The lowest BCUT2D eigenvalue weighted by atomic mass is 10.1. The number of para-hydroxylation sites is 1. The highest BCUT2D eigenvalue weighted by molar-refractivity contribution is 5.92. The summed E-state index contributed by atoms with van der Waals surface area (Å²) in [5.74, 6) is 0.658. The highest BCUT2D eigenvalue weighted by Crippen LogP contribution is 2.22. The van der Waals surface area contributed by atoms with Crippen LogP contribution < -0.4 is 15.4 Å². The number of hydrogen-bond donors (Lipinski definition) is 2. The van der Waals surface area contributed by atoms with E-state index in [-0.39, 0.29) is 12.3 Å². The van der Waals surface area contributed by atoms with Gasteiger partial charge in [0.05, 0.1) is 13.5 Å². The number of methoxy groups -OCH3 is 1. The van der Waals surface area contributed by atoms with Gasteiger partial charge in [-0.25, -0.2) is 0 Å². The Morgan fingerprint density at radius 3 is 2.23 bits per heavy atom. The van der Waals surface area contributed by atoms with E-state index in [1.54, 1.807) is 7.11 Å². The van der Waals surface area contributed by atoms with E-state index in [0.29, 0.717) is 0 Å². The number of anilines is 3. The van der Waals surface area contributed by atoms with Crippen LogP contribution in [-0.4, -0.2) is 13.0 Å². The molecule has 2 N–H and O–H groups in total. The fourth-order valence-corrected chi connectivity index (χ4v) is 2.75. The summed E-state index contributed by atoms with van der Waals surface area (Å²) in [4.78, 5) is 12.4. The summed E-state index contributed by atoms with van der Waals surface area (Å²) in [5, 5.41) is 6.25. The number of carbonyl (C=O) groups excluding carboxylic acids is 1. The predicted octanol–water partition coefficient (Wildman–Crippen LogP) is 4.93. The second kappa shape index (κ2) is 8.21. The molecule has 3 rings (SSSR count). The van der Waals surface area contributed by atoms with Gasteiger partial charge in [-0.05, 0) is 49.4 Å². The van der Waals surface area contributed by atoms with Crippen LogP contribution in [0, 0.1) is 6.92 Å². The van der Waals surface area contributed by atoms with Crippen LogP contribution in [0.1, 0.15) is 11.1 Å². The number of ether oxygens (including phenoxy) is 1. The number of nitrogens with one attached hydrogen (secondary N) is 2. The van der Waals surface area contributed by atoms with Crippen LogP contribution in [0.15, 0.2) is 72.8 Å². The van der Waals surface area contributed by atoms with Gasteiger partial charge in [-0.2, -0.15) is 0 Å². The largest absolute Gasteiger partial charge is 0.496 e. The monoisotopic (exact) mass is 346 g/mol. The van der Waals surface area contributed by atoms with Crippen LogP contribution in [0.4, 0.5) is 17.1 Å². The van der Waals surface area contributed by atoms with E-state index in [0.717, 1.165) is 33.9 Å². The molecule has 1 amide bonds. The van der Waals surface area contributed by atoms with E-state index in [1.807, 2.05) is 79.7 Å². The van der Waals surface area contributed by atoms with Crippen LogP contribution in [-0.2, 0) is 11.2 Å². The highest BCUT2D eigenvalue weighted by atomic mass is 16.5. The first-order chi connectivity index (χ1) is 12.6. The Morgan fingerprint density at radius 2 is 1.54 bits per heavy atom. The molecule has 0 bridgehead atoms. The van der Waals surface area contributed by atoms with Gasteiger partial charge in [0, 0.05) is 22.6 Å². The molecule has 0 aliphatic heterocycles. The first-order valence-electron chi connectivity index (χ1n) is 8.49. The van der Waals surface area contributed by atoms with Crippen LogP contribution >= 0.6 is 0 Å². The molecule has 0 aromatic heterocycles. The molecule has 0 saturated heterocycles. The average Bonchev–Trinajstić information content (AvgIpc) is 2.64. The van der Waals surface area contributed by atoms with Gasteiger partial charge in [-0.3, -0.25) is 4.79 Å². The zero-order valence-electron chi connectivity index (χ0n) is 15.0. The molecule has 0 aliphatic rings. The number of aryl methyl sites for hydroxylation is 1. The van der Waals surface area contributed by atoms with E-state index in [1.165, 1.54) is 0 Å². The fraction of sp³-hybridized carbons (Fsp3) is 0.136. The van der Waals surface area contributed by atoms with Crippen molar-refractivity contribution in [3.05, 3.63) is 83.9 Å². The Morgan fingerprint density at radius 1 is 0.885 bits per heavy atom. The van der Waals surface area contributed by atoms with Gasteiger partial charge in [0.15, 0.2) is 0 Å². The van der Waals surface area contributed by atoms with Crippen LogP contribution in [0.25, 0.3) is 0 Å². The molecule has 0 radical (unpaired) electrons. The molecule has 4 heteroatoms. The first kappa shape index (κ1) is 17.5. The minimum absolute atomic E-state index is 0.0716. The fourth-order valence-electron chi connectivity index (χ4n) is 2.75. The summed E-state index contributed by atoms with van der Waals surface area (Å²) in [6, 6.07) is 23.4. The molecule has 0 heterocycles. The zero-order chi connectivity index (χ0) is 18.4. The molecule has 0 unspecified atom stereocenters. The summed E-state index contributed by atoms with van der Waals surface area (Å²) in [6.07, 6.45) is 0.273. The maximum Gasteiger partial charge on any atom is 0.228 e. The molecule has 26 heavy (non-hydrogen) atoms. The Labute approximate surface area is 153 Å². The van der Waals surface area contributed by atoms with Crippen molar-refractivity contribution in [3.8, 4) is 5.75 Å². The van der Waals surface area contributed by atoms with Gasteiger partial charge in [-0.15, -0.1) is 0 Å². The van der Waals surface area contributed by atoms with Crippen molar-refractivity contribution >= 4 is 23.0 Å². The minimum atomic E-state index is -0.0716. The number of benzene rings is 3. The van der Waals surface area contributed by atoms with Crippen molar-refractivity contribution in [1.29, 1.82) is 0 Å². The highest BCUT2D eigenvalue weighted by Gasteiger charge is 2.09. The van der Waals surface area contributed by atoms with Crippen molar-refractivity contribution in [2.75, 3.05) is 17.7 Å². The number of hydrogen-bond acceptors (Lipinski definition) is 3. The van der Waals surface area contributed by atoms with Gasteiger partial charge >= 0.3 is 0 Å². The van der Waals surface area contributed by atoms with Crippen LogP contribution in [0.2, 0.25) is 0 Å². The lowest BCUT2D eigenvalue weighted by Gasteiger charge is -2.11. The van der Waals surface area contributed by atoms with Gasteiger partial charge < -0.3 is 15.4 Å². The Balaban J connectivity index is 1.62. The Bertz CT molecular complexity index is 874. The first-order valence-corrected chi connectivity index (χ1v) is 8.49. The number of carbonyl (C=O) groups is 1. The van der Waals surface area contributed by atoms with Gasteiger partial charge in [-0.1, -0.05) is 35.9 Å². The van der Waals surface area contributed by atoms with Gasteiger partial charge in [0.1, 0.15) is 5.75 Å². The van der Waals surface area contributed by atoms with Gasteiger partial charge in [0.25, 0.3) is 0 Å². The molecule has 0 spiro atoms. The van der Waals surface area contributed by atoms with Crippen molar-refractivity contribution < 1.29 is 9.53 Å². The van der Waals surface area contributed by atoms with E-state index in [4.69, 9.17) is 4.74 Å². The third-order valence-electron chi connectivity index (χ3n) is 4.02. The van der Waals surface area contributed by atoms with E-state index >= 15 is 0 Å². The molecule has 0 aliphatic carbocycles. The van der Waals surface area contributed by atoms with Crippen LogP contribution in [0.3, 0.4) is 0 Å². The van der Waals surface area contributed by atoms with Crippen molar-refractivity contribution in [1.82, 2.24) is 0 Å². The standard InChI is InChI=1S/C22H22N2O2/c1-16-8-13-21(26-2)17(14-16)15-22(25)24-20-11-9-19(10-12-20)23-18-6-4-3-5-7-18/h3-14,23H,15H2,1-2H3,(H,24,25). The molecule has 132 valence electrons. The third-order valence-corrected chi connectivity index (χ3v) is 4.02. The molecule has 0 atom stereocenters. The second-order valence-corrected chi connectivity index (χ2v) is 6.11. The predicted molar refractivity (Wildman–Crippen MR) is 106 cm³/mol. The SMILES string of the molecule is COc1ccc(C)cc1CC(=O)Nc1ccc(Nc2ccccc2)cc1. The summed E-state index contributed by atoms with van der Waals surface area (Å²) in [7, 11) is 1.62. The quantitative estimate of drug-likeness (QED) is 0.665. The van der Waals surface area contributed by atoms with E-state index in [2.05, 4.69) is 10.6 Å². The number of rotatable bonds is 6. The molecular weight excluding hydrogens is 324 g/mol. The van der Waals surface area contributed by atoms with Gasteiger partial charge in [0.2, 0.25) is 5.91 Å². The minimum Gasteiger partial charge on any atom is -0.496 e. The second-order valence-electron chi connectivity index (χ2n) is 6.11. The third kappa shape index (κ3) is 4.63. The molecule has 3 aromatic carbocycles. The molecule has 3 aromatic rings. The molecule has 4 nitrogen and oxygen atoms in total. The molecule has 0 fully saturated rings. The summed E-state index contributed by atoms with van der Waals surface area (Å²) in [6.45, 7) is 2.00. The van der Waals surface area contributed by atoms with E-state index in [9.17, 15) is 4.79 Å². The van der Waals surface area contributed by atoms with Crippen molar-refractivity contribution in [2.24, 2.45) is 0 Å². The maximum atomic E-state index is 12.4. The summed E-state index contributed by atoms with van der Waals surface area (Å²) in [5.41, 5.74) is 4.74. The van der Waals surface area contributed by atoms with E-state index < -0.39 is 0 Å². The lowest BCUT2D eigenvalue weighted by Crippen LogP contribution is -2.15. The normalized spacial score (nSPS) is 10.2. The van der Waals surface area contributed by atoms with Crippen LogP contribution in [0.5, 0.6) is 5.75 Å². The Kier molecular flexibility index (Phi) is 5.54. The molecular formula is C22H22N2O2. The maximum absolute atomic E-state index is 12.4. The lowest BCUT2D eigenvalue weighted by molar-refractivity contribution is -0.115. The van der Waals surface area contributed by atoms with Crippen molar-refractivity contribution in [2.45, 2.75) is 13.3 Å². The summed E-state index contributed by atoms with van der Waals surface area (Å²) >= 11 is 0. The average molecular weight is 346 g/mol. The topological polar surface area (TPSA) is 50.4 Å².